The van der Waals surface area contributed by atoms with E-state index in [9.17, 15) is 9.59 Å². The standard InChI is InChI=1S/C23H31N5O2/c1-23(2,3)26-22(30)18-9-11-27(12-10-18)15-17-5-4-6-20(13-17)28(16-29)21-8-7-19(24)14-25-21/h4-8,13-14,16,18H,9-12,15,24H2,1-3H3,(H,26,30). The molecule has 1 saturated heterocycles. The predicted molar refractivity (Wildman–Crippen MR) is 119 cm³/mol. The van der Waals surface area contributed by atoms with Gasteiger partial charge in [-0.2, -0.15) is 0 Å². The summed E-state index contributed by atoms with van der Waals surface area (Å²) in [5, 5.41) is 3.09. The van der Waals surface area contributed by atoms with Crippen LogP contribution >= 0.6 is 0 Å². The Morgan fingerprint density at radius 2 is 2.00 bits per heavy atom. The number of likely N-dealkylation sites (tertiary alicyclic amines) is 1. The number of rotatable bonds is 6. The number of nitrogen functional groups attached to an aromatic ring is 1. The van der Waals surface area contributed by atoms with E-state index in [0.717, 1.165) is 50.1 Å². The predicted octanol–water partition coefficient (Wildman–Crippen LogP) is 3.09. The van der Waals surface area contributed by atoms with Crippen LogP contribution in [0.15, 0.2) is 42.6 Å². The van der Waals surface area contributed by atoms with Gasteiger partial charge in [0.15, 0.2) is 0 Å². The minimum atomic E-state index is -0.196. The Morgan fingerprint density at radius 3 is 2.60 bits per heavy atom. The monoisotopic (exact) mass is 409 g/mol. The molecular formula is C23H31N5O2. The molecule has 3 rings (SSSR count). The van der Waals surface area contributed by atoms with Crippen molar-refractivity contribution in [1.29, 1.82) is 0 Å². The van der Waals surface area contributed by atoms with Gasteiger partial charge in [0, 0.05) is 18.0 Å². The van der Waals surface area contributed by atoms with Crippen molar-refractivity contribution in [2.45, 2.75) is 45.7 Å². The summed E-state index contributed by atoms with van der Waals surface area (Å²) in [5.74, 6) is 0.762. The molecular weight excluding hydrogens is 378 g/mol. The largest absolute Gasteiger partial charge is 0.397 e. The molecule has 0 unspecified atom stereocenters. The molecule has 1 fully saturated rings. The average molecular weight is 410 g/mol. The van der Waals surface area contributed by atoms with E-state index in [2.05, 4.69) is 21.3 Å². The smallest absolute Gasteiger partial charge is 0.223 e. The van der Waals surface area contributed by atoms with Crippen molar-refractivity contribution in [3.05, 3.63) is 48.2 Å². The number of anilines is 3. The Morgan fingerprint density at radius 1 is 1.27 bits per heavy atom. The summed E-state index contributed by atoms with van der Waals surface area (Å²) >= 11 is 0. The zero-order chi connectivity index (χ0) is 21.7. The minimum absolute atomic E-state index is 0.0777. The van der Waals surface area contributed by atoms with Crippen molar-refractivity contribution < 1.29 is 9.59 Å². The summed E-state index contributed by atoms with van der Waals surface area (Å²) in [6.45, 7) is 8.57. The van der Waals surface area contributed by atoms with E-state index in [4.69, 9.17) is 5.73 Å². The maximum absolute atomic E-state index is 12.4. The van der Waals surface area contributed by atoms with E-state index in [1.165, 1.54) is 11.1 Å². The summed E-state index contributed by atoms with van der Waals surface area (Å²) in [5.41, 5.74) is 7.93. The molecule has 0 radical (unpaired) electrons. The Hall–Kier alpha value is -2.93. The van der Waals surface area contributed by atoms with Crippen LogP contribution in [0.2, 0.25) is 0 Å². The zero-order valence-corrected chi connectivity index (χ0v) is 18.0. The molecule has 160 valence electrons. The van der Waals surface area contributed by atoms with Crippen LogP contribution in [0.3, 0.4) is 0 Å². The number of nitrogens with zero attached hydrogens (tertiary/aromatic N) is 3. The summed E-state index contributed by atoms with van der Waals surface area (Å²) in [6, 6.07) is 11.3. The molecule has 3 N–H and O–H groups in total. The molecule has 1 aromatic heterocycles. The summed E-state index contributed by atoms with van der Waals surface area (Å²) in [7, 11) is 0. The third kappa shape index (κ3) is 5.79. The number of nitrogens with two attached hydrogens (primary N) is 1. The van der Waals surface area contributed by atoms with Crippen molar-refractivity contribution in [3.8, 4) is 0 Å². The van der Waals surface area contributed by atoms with Gasteiger partial charge in [0.2, 0.25) is 12.3 Å². The second-order valence-electron chi connectivity index (χ2n) is 8.88. The fraction of sp³-hybridized carbons (Fsp3) is 0.435. The van der Waals surface area contributed by atoms with Gasteiger partial charge in [0.1, 0.15) is 5.82 Å². The number of piperidine rings is 1. The third-order valence-electron chi connectivity index (χ3n) is 5.17. The first-order chi connectivity index (χ1) is 14.2. The van der Waals surface area contributed by atoms with E-state index in [1.807, 2.05) is 39.0 Å². The van der Waals surface area contributed by atoms with Gasteiger partial charge < -0.3 is 11.1 Å². The normalized spacial score (nSPS) is 15.6. The van der Waals surface area contributed by atoms with Crippen LogP contribution in [-0.4, -0.2) is 40.8 Å². The van der Waals surface area contributed by atoms with Crippen LogP contribution in [0.5, 0.6) is 0 Å². The topological polar surface area (TPSA) is 91.6 Å². The van der Waals surface area contributed by atoms with Crippen molar-refractivity contribution in [3.63, 3.8) is 0 Å². The maximum atomic E-state index is 12.4. The van der Waals surface area contributed by atoms with Crippen LogP contribution in [-0.2, 0) is 16.1 Å². The van der Waals surface area contributed by atoms with E-state index >= 15 is 0 Å². The van der Waals surface area contributed by atoms with Gasteiger partial charge >= 0.3 is 0 Å². The van der Waals surface area contributed by atoms with E-state index in [-0.39, 0.29) is 17.4 Å². The van der Waals surface area contributed by atoms with Crippen molar-refractivity contribution in [1.82, 2.24) is 15.2 Å². The number of hydrogen-bond acceptors (Lipinski definition) is 5. The number of carbonyl (C=O) groups is 2. The van der Waals surface area contributed by atoms with Crippen molar-refractivity contribution in [2.75, 3.05) is 23.7 Å². The molecule has 2 amide bonds. The van der Waals surface area contributed by atoms with Gasteiger partial charge in [-0.3, -0.25) is 19.4 Å². The molecule has 2 heterocycles. The first-order valence-electron chi connectivity index (χ1n) is 10.3. The molecule has 1 aliphatic heterocycles. The highest BCUT2D eigenvalue weighted by atomic mass is 16.2. The second kappa shape index (κ2) is 9.26. The lowest BCUT2D eigenvalue weighted by Crippen LogP contribution is -2.46. The Labute approximate surface area is 178 Å². The molecule has 7 nitrogen and oxygen atoms in total. The van der Waals surface area contributed by atoms with Gasteiger partial charge in [-0.15, -0.1) is 0 Å². The van der Waals surface area contributed by atoms with Crippen molar-refractivity contribution >= 4 is 29.5 Å². The molecule has 0 bridgehead atoms. The van der Waals surface area contributed by atoms with Gasteiger partial charge in [0.05, 0.1) is 17.6 Å². The third-order valence-corrected chi connectivity index (χ3v) is 5.17. The SMILES string of the molecule is CC(C)(C)NC(=O)C1CCN(Cc2cccc(N(C=O)c3ccc(N)cn3)c2)CC1. The summed E-state index contributed by atoms with van der Waals surface area (Å²) in [6.07, 6.45) is 4.02. The van der Waals surface area contributed by atoms with E-state index in [0.29, 0.717) is 11.5 Å². The van der Waals surface area contributed by atoms with E-state index < -0.39 is 0 Å². The quantitative estimate of drug-likeness (QED) is 0.716. The van der Waals surface area contributed by atoms with Crippen LogP contribution in [0, 0.1) is 5.92 Å². The molecule has 0 atom stereocenters. The highest BCUT2D eigenvalue weighted by molar-refractivity contribution is 5.85. The van der Waals surface area contributed by atoms with Gasteiger partial charge in [-0.05, 0) is 76.5 Å². The molecule has 1 aromatic carbocycles. The Kier molecular flexibility index (Phi) is 6.72. The lowest BCUT2D eigenvalue weighted by atomic mass is 9.94. The zero-order valence-electron chi connectivity index (χ0n) is 18.0. The Balaban J connectivity index is 1.61. The molecule has 2 aromatic rings. The average Bonchev–Trinajstić information content (AvgIpc) is 2.69. The highest BCUT2D eigenvalue weighted by Gasteiger charge is 2.27. The van der Waals surface area contributed by atoms with Crippen LogP contribution in [0.1, 0.15) is 39.2 Å². The lowest BCUT2D eigenvalue weighted by Gasteiger charge is -2.33. The number of hydrogen-bond donors (Lipinski definition) is 2. The molecule has 7 heteroatoms. The van der Waals surface area contributed by atoms with Crippen LogP contribution in [0.4, 0.5) is 17.2 Å². The highest BCUT2D eigenvalue weighted by Crippen LogP contribution is 2.25. The second-order valence-corrected chi connectivity index (χ2v) is 8.88. The first kappa shape index (κ1) is 21.8. The van der Waals surface area contributed by atoms with Crippen molar-refractivity contribution in [2.24, 2.45) is 5.92 Å². The number of carbonyl (C=O) groups excluding carboxylic acids is 2. The molecule has 30 heavy (non-hydrogen) atoms. The maximum Gasteiger partial charge on any atom is 0.223 e. The van der Waals surface area contributed by atoms with Gasteiger partial charge in [-0.25, -0.2) is 4.98 Å². The molecule has 0 saturated carbocycles. The summed E-state index contributed by atoms with van der Waals surface area (Å²) < 4.78 is 0. The number of pyridine rings is 1. The van der Waals surface area contributed by atoms with Gasteiger partial charge in [-0.1, -0.05) is 12.1 Å². The summed E-state index contributed by atoms with van der Waals surface area (Å²) in [4.78, 5) is 32.2. The Bertz CT molecular complexity index is 868. The number of benzene rings is 1. The lowest BCUT2D eigenvalue weighted by molar-refractivity contribution is -0.128. The number of nitrogens with one attached hydrogen (secondary N) is 1. The molecule has 0 spiro atoms. The van der Waals surface area contributed by atoms with Crippen LogP contribution in [0.25, 0.3) is 0 Å². The minimum Gasteiger partial charge on any atom is -0.397 e. The number of aromatic nitrogens is 1. The van der Waals surface area contributed by atoms with E-state index in [1.54, 1.807) is 12.1 Å². The fourth-order valence-electron chi connectivity index (χ4n) is 3.67. The number of amides is 2. The first-order valence-corrected chi connectivity index (χ1v) is 10.3. The fourth-order valence-corrected chi connectivity index (χ4v) is 3.67. The van der Waals surface area contributed by atoms with Gasteiger partial charge in [0.25, 0.3) is 0 Å². The molecule has 1 aliphatic rings. The van der Waals surface area contributed by atoms with Crippen LogP contribution < -0.4 is 16.0 Å². The molecule has 0 aliphatic carbocycles.